The monoisotopic (exact) mass is 423 g/mol. The molecule has 5 rings (SSSR count). The van der Waals surface area contributed by atoms with Crippen molar-refractivity contribution in [3.8, 4) is 5.75 Å². The Morgan fingerprint density at radius 3 is 2.74 bits per heavy atom. The average Bonchev–Trinajstić information content (AvgIpc) is 3.38. The molecule has 8 nitrogen and oxygen atoms in total. The Morgan fingerprint density at radius 2 is 2.00 bits per heavy atom. The molecule has 2 aliphatic rings. The Balaban J connectivity index is 1.48. The molecule has 0 radical (unpaired) electrons. The van der Waals surface area contributed by atoms with E-state index in [0.717, 1.165) is 37.4 Å². The molecular weight excluding hydrogens is 394 g/mol. The van der Waals surface area contributed by atoms with E-state index < -0.39 is 0 Å². The van der Waals surface area contributed by atoms with E-state index in [1.165, 1.54) is 5.56 Å². The lowest BCUT2D eigenvalue weighted by Gasteiger charge is -2.24. The smallest absolute Gasteiger partial charge is 0.262 e. The van der Waals surface area contributed by atoms with E-state index in [4.69, 9.17) is 14.5 Å². The third-order valence-corrected chi connectivity index (χ3v) is 6.68. The third-order valence-electron chi connectivity index (χ3n) is 6.68. The SMILES string of the molecule is COc1ccc(CC2NC[C@H](C)[C@@H]2n2ncc3c(=O)[nH]c(C4CCOCC4)nc32)cc1. The third kappa shape index (κ3) is 3.85. The van der Waals surface area contributed by atoms with Crippen molar-refractivity contribution in [3.05, 3.63) is 52.2 Å². The molecule has 0 amide bonds. The minimum Gasteiger partial charge on any atom is -0.497 e. The summed E-state index contributed by atoms with van der Waals surface area (Å²) >= 11 is 0. The number of nitrogens with one attached hydrogen (secondary N) is 2. The molecule has 2 aliphatic heterocycles. The van der Waals surface area contributed by atoms with Crippen LogP contribution < -0.4 is 15.6 Å². The Labute approximate surface area is 181 Å². The van der Waals surface area contributed by atoms with Gasteiger partial charge in [0.25, 0.3) is 5.56 Å². The van der Waals surface area contributed by atoms with E-state index in [1.807, 2.05) is 16.8 Å². The lowest BCUT2D eigenvalue weighted by Crippen LogP contribution is -2.32. The van der Waals surface area contributed by atoms with Gasteiger partial charge in [0.05, 0.1) is 19.3 Å². The number of hydrogen-bond acceptors (Lipinski definition) is 6. The summed E-state index contributed by atoms with van der Waals surface area (Å²) in [6.45, 7) is 4.55. The maximum atomic E-state index is 12.8. The van der Waals surface area contributed by atoms with Crippen LogP contribution in [-0.4, -0.2) is 52.7 Å². The van der Waals surface area contributed by atoms with Crippen LogP contribution in [0.15, 0.2) is 35.3 Å². The van der Waals surface area contributed by atoms with E-state index >= 15 is 0 Å². The second-order valence-corrected chi connectivity index (χ2v) is 8.70. The molecule has 0 saturated carbocycles. The summed E-state index contributed by atoms with van der Waals surface area (Å²) in [4.78, 5) is 20.7. The zero-order valence-electron chi connectivity index (χ0n) is 18.0. The van der Waals surface area contributed by atoms with Gasteiger partial charge < -0.3 is 19.8 Å². The second kappa shape index (κ2) is 8.43. The van der Waals surface area contributed by atoms with Crippen LogP contribution in [0.2, 0.25) is 0 Å². The van der Waals surface area contributed by atoms with Crippen molar-refractivity contribution in [1.82, 2.24) is 25.1 Å². The van der Waals surface area contributed by atoms with E-state index in [0.29, 0.717) is 30.2 Å². The number of fused-ring (bicyclic) bond motifs is 1. The molecule has 3 aromatic rings. The molecule has 2 aromatic heterocycles. The van der Waals surface area contributed by atoms with Crippen LogP contribution in [0.1, 0.15) is 43.1 Å². The number of methoxy groups -OCH3 is 1. The number of hydrogen-bond donors (Lipinski definition) is 2. The van der Waals surface area contributed by atoms with Gasteiger partial charge in [-0.05, 0) is 42.9 Å². The van der Waals surface area contributed by atoms with Crippen LogP contribution in [0.3, 0.4) is 0 Å². The van der Waals surface area contributed by atoms with Gasteiger partial charge in [-0.25, -0.2) is 9.67 Å². The molecule has 1 unspecified atom stereocenters. The van der Waals surface area contributed by atoms with Crippen LogP contribution in [0, 0.1) is 5.92 Å². The second-order valence-electron chi connectivity index (χ2n) is 8.70. The molecular formula is C23H29N5O3. The van der Waals surface area contributed by atoms with Gasteiger partial charge in [-0.3, -0.25) is 4.79 Å². The summed E-state index contributed by atoms with van der Waals surface area (Å²) in [5, 5.41) is 8.85. The summed E-state index contributed by atoms with van der Waals surface area (Å²) in [6.07, 6.45) is 4.29. The van der Waals surface area contributed by atoms with Gasteiger partial charge in [0.15, 0.2) is 5.65 Å². The Bertz CT molecular complexity index is 1100. The molecule has 2 saturated heterocycles. The molecule has 2 fully saturated rings. The largest absolute Gasteiger partial charge is 0.497 e. The number of aromatic amines is 1. The topological polar surface area (TPSA) is 94.1 Å². The molecule has 31 heavy (non-hydrogen) atoms. The average molecular weight is 424 g/mol. The summed E-state index contributed by atoms with van der Waals surface area (Å²) in [6, 6.07) is 8.53. The van der Waals surface area contributed by atoms with E-state index in [9.17, 15) is 4.79 Å². The molecule has 0 bridgehead atoms. The van der Waals surface area contributed by atoms with Crippen molar-refractivity contribution in [3.63, 3.8) is 0 Å². The fourth-order valence-electron chi connectivity index (χ4n) is 4.93. The molecule has 0 aliphatic carbocycles. The number of nitrogens with zero attached hydrogens (tertiary/aromatic N) is 3. The number of aromatic nitrogens is 4. The van der Waals surface area contributed by atoms with Crippen LogP contribution >= 0.6 is 0 Å². The highest BCUT2D eigenvalue weighted by Gasteiger charge is 2.36. The van der Waals surface area contributed by atoms with Gasteiger partial charge in [-0.2, -0.15) is 5.10 Å². The van der Waals surface area contributed by atoms with Crippen molar-refractivity contribution in [2.75, 3.05) is 26.9 Å². The summed E-state index contributed by atoms with van der Waals surface area (Å²) in [7, 11) is 1.68. The number of H-pyrrole nitrogens is 1. The van der Waals surface area contributed by atoms with Gasteiger partial charge in [0.2, 0.25) is 0 Å². The lowest BCUT2D eigenvalue weighted by molar-refractivity contribution is 0.0836. The van der Waals surface area contributed by atoms with Crippen molar-refractivity contribution < 1.29 is 9.47 Å². The van der Waals surface area contributed by atoms with E-state index in [2.05, 4.69) is 34.5 Å². The predicted molar refractivity (Wildman–Crippen MR) is 118 cm³/mol. The quantitative estimate of drug-likeness (QED) is 0.655. The number of benzene rings is 1. The maximum absolute atomic E-state index is 12.8. The lowest BCUT2D eigenvalue weighted by atomic mass is 9.95. The van der Waals surface area contributed by atoms with Crippen LogP contribution in [-0.2, 0) is 11.2 Å². The van der Waals surface area contributed by atoms with Gasteiger partial charge >= 0.3 is 0 Å². The highest BCUT2D eigenvalue weighted by Crippen LogP contribution is 2.32. The van der Waals surface area contributed by atoms with E-state index in [1.54, 1.807) is 13.3 Å². The molecule has 8 heteroatoms. The first-order valence-corrected chi connectivity index (χ1v) is 11.1. The Morgan fingerprint density at radius 1 is 1.23 bits per heavy atom. The van der Waals surface area contributed by atoms with Crippen molar-refractivity contribution in [2.45, 2.75) is 44.2 Å². The fourth-order valence-corrected chi connectivity index (χ4v) is 4.93. The zero-order chi connectivity index (χ0) is 21.4. The maximum Gasteiger partial charge on any atom is 0.262 e. The van der Waals surface area contributed by atoms with Crippen molar-refractivity contribution in [1.29, 1.82) is 0 Å². The van der Waals surface area contributed by atoms with Crippen molar-refractivity contribution in [2.24, 2.45) is 5.92 Å². The molecule has 1 aromatic carbocycles. The first-order chi connectivity index (χ1) is 15.1. The number of ether oxygens (including phenoxy) is 2. The summed E-state index contributed by atoms with van der Waals surface area (Å²) in [5.41, 5.74) is 1.82. The zero-order valence-corrected chi connectivity index (χ0v) is 18.0. The summed E-state index contributed by atoms with van der Waals surface area (Å²) in [5.74, 6) is 2.21. The van der Waals surface area contributed by atoms with Crippen LogP contribution in [0.25, 0.3) is 11.0 Å². The van der Waals surface area contributed by atoms with E-state index in [-0.39, 0.29) is 23.6 Å². The fraction of sp³-hybridized carbons (Fsp3) is 0.522. The molecule has 2 N–H and O–H groups in total. The van der Waals surface area contributed by atoms with Gasteiger partial charge in [-0.1, -0.05) is 19.1 Å². The molecule has 4 heterocycles. The Kier molecular flexibility index (Phi) is 5.50. The molecule has 0 spiro atoms. The van der Waals surface area contributed by atoms with Crippen LogP contribution in [0.5, 0.6) is 5.75 Å². The van der Waals surface area contributed by atoms with Gasteiger partial charge in [-0.15, -0.1) is 0 Å². The van der Waals surface area contributed by atoms with Crippen molar-refractivity contribution >= 4 is 11.0 Å². The number of rotatable bonds is 5. The first-order valence-electron chi connectivity index (χ1n) is 11.1. The highest BCUT2D eigenvalue weighted by atomic mass is 16.5. The van der Waals surface area contributed by atoms with Crippen LogP contribution in [0.4, 0.5) is 0 Å². The predicted octanol–water partition coefficient (Wildman–Crippen LogP) is 2.41. The first kappa shape index (κ1) is 20.2. The Hall–Kier alpha value is -2.71. The summed E-state index contributed by atoms with van der Waals surface area (Å²) < 4.78 is 12.7. The molecule has 3 atom stereocenters. The normalized spacial score (nSPS) is 24.6. The minimum atomic E-state index is -0.108. The standard InChI is InChI=1S/C23H29N5O3/c1-14-12-24-19(11-15-3-5-17(30-2)6-4-15)20(14)28-22-18(13-25-28)23(29)27-21(26-22)16-7-9-31-10-8-16/h3-6,13-14,16,19-20,24H,7-12H2,1-2H3,(H,26,27,29)/t14-,19?,20-/m0/s1. The minimum absolute atomic E-state index is 0.108. The van der Waals surface area contributed by atoms with Gasteiger partial charge in [0, 0.05) is 31.7 Å². The molecule has 164 valence electrons. The highest BCUT2D eigenvalue weighted by molar-refractivity contribution is 5.73. The van der Waals surface area contributed by atoms with Gasteiger partial charge in [0.1, 0.15) is 17.0 Å².